The quantitative estimate of drug-likeness (QED) is 0.354. The smallest absolute Gasteiger partial charge is 0.352 e. The Morgan fingerprint density at radius 1 is 1.07 bits per heavy atom. The molecule has 3 N–H and O–H groups in total. The number of rotatable bonds is 8. The Balaban J connectivity index is 1.36. The van der Waals surface area contributed by atoms with E-state index < -0.39 is 23.9 Å². The number of hydrogen-bond acceptors (Lipinski definition) is 6. The number of aliphatic hydroxyl groups excluding tert-OH is 2. The number of aliphatic hydroxyl groups is 3. The predicted octanol–water partition coefficient (Wildman–Crippen LogP) is 4.95. The molecule has 3 aliphatic carbocycles. The number of aromatic nitrogens is 3. The van der Waals surface area contributed by atoms with Crippen molar-refractivity contribution in [3.63, 3.8) is 0 Å². The summed E-state index contributed by atoms with van der Waals surface area (Å²) in [7, 11) is 3.92. The zero-order chi connectivity index (χ0) is 33.1. The molecule has 9 nitrogen and oxygen atoms in total. The molecule has 6 rings (SSSR count). The summed E-state index contributed by atoms with van der Waals surface area (Å²) in [5, 5.41) is 31.5. The lowest BCUT2D eigenvalue weighted by Crippen LogP contribution is -2.40. The van der Waals surface area contributed by atoms with Crippen LogP contribution in [-0.4, -0.2) is 61.2 Å². The van der Waals surface area contributed by atoms with E-state index in [1.165, 1.54) is 15.7 Å². The summed E-state index contributed by atoms with van der Waals surface area (Å²) < 4.78 is 4.61. The molecule has 2 fully saturated rings. The van der Waals surface area contributed by atoms with Gasteiger partial charge in [0.25, 0.3) is 0 Å². The van der Waals surface area contributed by atoms with E-state index in [0.717, 1.165) is 56.2 Å². The molecule has 1 aromatic carbocycles. The number of nitrogens with zero attached hydrogens (tertiary/aromatic N) is 4. The molecule has 0 spiro atoms. The van der Waals surface area contributed by atoms with Crippen molar-refractivity contribution in [1.29, 1.82) is 0 Å². The lowest BCUT2D eigenvalue weighted by molar-refractivity contribution is -0.0554. The third kappa shape index (κ3) is 5.77. The molecule has 252 valence electrons. The van der Waals surface area contributed by atoms with E-state index in [4.69, 9.17) is 0 Å². The Morgan fingerprint density at radius 2 is 1.78 bits per heavy atom. The van der Waals surface area contributed by atoms with Gasteiger partial charge >= 0.3 is 11.4 Å². The van der Waals surface area contributed by atoms with Crippen LogP contribution in [0, 0.1) is 23.2 Å². The van der Waals surface area contributed by atoms with Crippen molar-refractivity contribution < 1.29 is 15.3 Å². The molecular weight excluding hydrogens is 580 g/mol. The van der Waals surface area contributed by atoms with Crippen LogP contribution in [0.4, 0.5) is 5.69 Å². The number of anilines is 1. The van der Waals surface area contributed by atoms with Gasteiger partial charge in [-0.3, -0.25) is 0 Å². The molecule has 1 unspecified atom stereocenters. The fraction of sp³-hybridized carbons (Fsp3) is 0.676. The Kier molecular flexibility index (Phi) is 8.83. The molecule has 0 bridgehead atoms. The van der Waals surface area contributed by atoms with Gasteiger partial charge in [0, 0.05) is 19.8 Å². The van der Waals surface area contributed by atoms with Crippen molar-refractivity contribution in [3.05, 3.63) is 68.0 Å². The van der Waals surface area contributed by atoms with Gasteiger partial charge in [-0.2, -0.15) is 0 Å². The summed E-state index contributed by atoms with van der Waals surface area (Å²) in [4.78, 5) is 30.1. The van der Waals surface area contributed by atoms with Crippen LogP contribution in [0.1, 0.15) is 97.9 Å². The largest absolute Gasteiger partial charge is 0.393 e. The highest BCUT2D eigenvalue weighted by Crippen LogP contribution is 2.60. The maximum atomic E-state index is 14.2. The van der Waals surface area contributed by atoms with Gasteiger partial charge in [-0.15, -0.1) is 0 Å². The van der Waals surface area contributed by atoms with Gasteiger partial charge in [0.15, 0.2) is 0 Å². The van der Waals surface area contributed by atoms with Crippen LogP contribution in [0.15, 0.2) is 56.6 Å². The topological polar surface area (TPSA) is 113 Å². The molecule has 4 aliphatic rings. The van der Waals surface area contributed by atoms with Crippen molar-refractivity contribution >= 4 is 5.69 Å². The van der Waals surface area contributed by atoms with Gasteiger partial charge in [-0.05, 0) is 137 Å². The van der Waals surface area contributed by atoms with Gasteiger partial charge in [-0.1, -0.05) is 25.5 Å². The highest BCUT2D eigenvalue weighted by atomic mass is 16.3. The van der Waals surface area contributed by atoms with Crippen molar-refractivity contribution in [3.8, 4) is 5.69 Å². The summed E-state index contributed by atoms with van der Waals surface area (Å²) in [6.07, 6.45) is 9.94. The van der Waals surface area contributed by atoms with Crippen LogP contribution in [0.25, 0.3) is 5.69 Å². The third-order valence-corrected chi connectivity index (χ3v) is 12.1. The number of allylic oxidation sites excluding steroid dienone is 3. The van der Waals surface area contributed by atoms with Crippen molar-refractivity contribution in [2.45, 2.75) is 122 Å². The second-order valence-electron chi connectivity index (χ2n) is 15.7. The van der Waals surface area contributed by atoms with Crippen molar-refractivity contribution in [2.75, 3.05) is 19.0 Å². The van der Waals surface area contributed by atoms with Gasteiger partial charge in [-0.25, -0.2) is 23.5 Å². The van der Waals surface area contributed by atoms with E-state index in [2.05, 4.69) is 19.9 Å². The van der Waals surface area contributed by atoms with Crippen molar-refractivity contribution in [1.82, 2.24) is 13.9 Å². The molecule has 9 heteroatoms. The first kappa shape index (κ1) is 33.0. The van der Waals surface area contributed by atoms with Gasteiger partial charge in [0.05, 0.1) is 36.1 Å². The van der Waals surface area contributed by atoms with Gasteiger partial charge in [0.2, 0.25) is 0 Å². The van der Waals surface area contributed by atoms with E-state index in [1.807, 2.05) is 43.3 Å². The fourth-order valence-electron chi connectivity index (χ4n) is 9.43. The standard InChI is InChI=1S/C37H54N4O5/c1-23(9-18-33(43)36(2,3)46)30-16-17-31-24(8-7-19-37(30,31)4)20-32-29-21-28(42)15-10-25(29)22-39-34(44)40(35(45)41(32)39)27-13-11-26(12-14-27)38(5)6/h11-14,20,23,28,30-33,42-43,46H,7-10,15-19,21-22H2,1-6H3/b24-20+/t23-,28+,30-,31+,32?,33-,37-/m1/s1. The van der Waals surface area contributed by atoms with Crippen LogP contribution >= 0.6 is 0 Å². The Bertz CT molecular complexity index is 1620. The van der Waals surface area contributed by atoms with Crippen LogP contribution in [-0.2, 0) is 6.54 Å². The first-order chi connectivity index (χ1) is 21.7. The lowest BCUT2D eigenvalue weighted by Gasteiger charge is -2.45. The number of hydrogen-bond donors (Lipinski definition) is 3. The second-order valence-corrected chi connectivity index (χ2v) is 15.7. The second kappa shape index (κ2) is 12.3. The molecule has 1 aromatic heterocycles. The molecule has 0 saturated heterocycles. The minimum absolute atomic E-state index is 0.117. The average Bonchev–Trinajstić information content (AvgIpc) is 3.48. The van der Waals surface area contributed by atoms with Crippen molar-refractivity contribution in [2.24, 2.45) is 23.2 Å². The molecule has 2 heterocycles. The maximum Gasteiger partial charge on any atom is 0.352 e. The Morgan fingerprint density at radius 3 is 2.46 bits per heavy atom. The highest BCUT2D eigenvalue weighted by molar-refractivity contribution is 5.49. The molecule has 1 aliphatic heterocycles. The summed E-state index contributed by atoms with van der Waals surface area (Å²) in [6.45, 7) is 8.48. The minimum atomic E-state index is -1.10. The summed E-state index contributed by atoms with van der Waals surface area (Å²) in [6, 6.07) is 7.13. The molecule has 7 atom stereocenters. The normalized spacial score (nSPS) is 30.2. The first-order valence-corrected chi connectivity index (χ1v) is 17.4. The first-order valence-electron chi connectivity index (χ1n) is 17.4. The van der Waals surface area contributed by atoms with E-state index in [1.54, 1.807) is 23.2 Å². The monoisotopic (exact) mass is 634 g/mol. The number of benzene rings is 1. The third-order valence-electron chi connectivity index (χ3n) is 12.1. The van der Waals surface area contributed by atoms with Gasteiger partial charge in [0.1, 0.15) is 0 Å². The van der Waals surface area contributed by atoms with Crippen LogP contribution in [0.3, 0.4) is 0 Å². The van der Waals surface area contributed by atoms with E-state index in [-0.39, 0.29) is 16.8 Å². The fourth-order valence-corrected chi connectivity index (χ4v) is 9.43. The van der Waals surface area contributed by atoms with Gasteiger partial charge < -0.3 is 20.2 Å². The Labute approximate surface area is 272 Å². The SMILES string of the molecule is C[C@H](CC[C@@H](O)C(C)(C)O)[C@H]1CC[C@H]2/C(=C/C3C4=C(CC[C@H](O)C4)Cn4c(=O)n(-c5ccc(N(C)C)cc5)c(=O)n43)CCC[C@]12C. The molecule has 2 saturated carbocycles. The molecular formula is C37H54N4O5. The summed E-state index contributed by atoms with van der Waals surface area (Å²) in [5.74, 6) is 1.33. The van der Waals surface area contributed by atoms with E-state index >= 15 is 0 Å². The zero-order valence-corrected chi connectivity index (χ0v) is 28.6. The maximum absolute atomic E-state index is 14.2. The van der Waals surface area contributed by atoms with Crippen LogP contribution in [0.2, 0.25) is 0 Å². The molecule has 0 radical (unpaired) electrons. The highest BCUT2D eigenvalue weighted by Gasteiger charge is 2.51. The lowest BCUT2D eigenvalue weighted by atomic mass is 9.60. The molecule has 46 heavy (non-hydrogen) atoms. The molecule has 0 amide bonds. The average molecular weight is 635 g/mol. The van der Waals surface area contributed by atoms with Crippen LogP contribution in [0.5, 0.6) is 0 Å². The van der Waals surface area contributed by atoms with E-state index in [9.17, 15) is 24.9 Å². The number of fused-ring (bicyclic) bond motifs is 2. The molecule has 2 aromatic rings. The predicted molar refractivity (Wildman–Crippen MR) is 181 cm³/mol. The van der Waals surface area contributed by atoms with Crippen LogP contribution < -0.4 is 16.3 Å². The summed E-state index contributed by atoms with van der Waals surface area (Å²) >= 11 is 0. The minimum Gasteiger partial charge on any atom is -0.393 e. The summed E-state index contributed by atoms with van der Waals surface area (Å²) in [5.41, 5.74) is 3.58. The van der Waals surface area contributed by atoms with E-state index in [0.29, 0.717) is 49.2 Å². The Hall–Kier alpha value is -2.88. The zero-order valence-electron chi connectivity index (χ0n) is 28.6.